The number of nitrogens with zero attached hydrogens (tertiary/aromatic N) is 1. The Morgan fingerprint density at radius 3 is 2.00 bits per heavy atom. The number of para-hydroxylation sites is 3. The van der Waals surface area contributed by atoms with Gasteiger partial charge in [-0.2, -0.15) is 0 Å². The average molecular weight is 373 g/mol. The van der Waals surface area contributed by atoms with Crippen molar-refractivity contribution in [3.8, 4) is 11.5 Å². The standard InChI is InChI=1S/C23H19NO4/c1-24(16-9-3-2-4-10-16)21(25)15-27-23(26)22-17-11-5-7-13-19(17)28-20-14-8-6-12-18(20)22/h2-14,22H,15H2,1H3. The molecule has 0 bridgehead atoms. The highest BCUT2D eigenvalue weighted by Gasteiger charge is 2.34. The van der Waals surface area contributed by atoms with E-state index in [0.717, 1.165) is 16.8 Å². The quantitative estimate of drug-likeness (QED) is 0.645. The molecule has 5 heteroatoms. The molecule has 0 aromatic heterocycles. The fourth-order valence-corrected chi connectivity index (χ4v) is 3.27. The number of carbonyl (C=O) groups excluding carboxylic acids is 2. The Balaban J connectivity index is 1.53. The Hall–Kier alpha value is -3.60. The van der Waals surface area contributed by atoms with Crippen LogP contribution in [0.2, 0.25) is 0 Å². The van der Waals surface area contributed by atoms with Crippen molar-refractivity contribution in [1.82, 2.24) is 0 Å². The molecule has 1 amide bonds. The molecule has 0 radical (unpaired) electrons. The van der Waals surface area contributed by atoms with Crippen LogP contribution in [0.5, 0.6) is 11.5 Å². The molecular formula is C23H19NO4. The fourth-order valence-electron chi connectivity index (χ4n) is 3.27. The molecule has 0 fully saturated rings. The summed E-state index contributed by atoms with van der Waals surface area (Å²) in [4.78, 5) is 26.9. The first-order chi connectivity index (χ1) is 13.6. The molecular weight excluding hydrogens is 354 g/mol. The van der Waals surface area contributed by atoms with E-state index in [1.807, 2.05) is 78.9 Å². The molecule has 1 aliphatic heterocycles. The van der Waals surface area contributed by atoms with Gasteiger partial charge in [0, 0.05) is 23.9 Å². The van der Waals surface area contributed by atoms with Crippen molar-refractivity contribution in [2.24, 2.45) is 0 Å². The smallest absolute Gasteiger partial charge is 0.318 e. The Morgan fingerprint density at radius 2 is 1.39 bits per heavy atom. The second-order valence-corrected chi connectivity index (χ2v) is 6.51. The number of fused-ring (bicyclic) bond motifs is 2. The molecule has 0 saturated carbocycles. The Bertz CT molecular complexity index is 970. The first-order valence-electron chi connectivity index (χ1n) is 8.99. The van der Waals surface area contributed by atoms with Crippen molar-refractivity contribution in [1.29, 1.82) is 0 Å². The summed E-state index contributed by atoms with van der Waals surface area (Å²) in [5, 5.41) is 0. The Kier molecular flexibility index (Phi) is 4.81. The van der Waals surface area contributed by atoms with Gasteiger partial charge in [-0.3, -0.25) is 9.59 Å². The highest BCUT2D eigenvalue weighted by molar-refractivity contribution is 5.95. The molecule has 0 aliphatic carbocycles. The maximum Gasteiger partial charge on any atom is 0.318 e. The summed E-state index contributed by atoms with van der Waals surface area (Å²) in [6.07, 6.45) is 0. The molecule has 28 heavy (non-hydrogen) atoms. The summed E-state index contributed by atoms with van der Waals surface area (Å²) >= 11 is 0. The lowest BCUT2D eigenvalue weighted by Gasteiger charge is -2.27. The molecule has 4 rings (SSSR count). The molecule has 140 valence electrons. The second-order valence-electron chi connectivity index (χ2n) is 6.51. The van der Waals surface area contributed by atoms with E-state index in [1.165, 1.54) is 4.90 Å². The van der Waals surface area contributed by atoms with Crippen LogP contribution in [0.1, 0.15) is 17.0 Å². The zero-order chi connectivity index (χ0) is 19.5. The maximum atomic E-state index is 12.9. The number of esters is 1. The summed E-state index contributed by atoms with van der Waals surface area (Å²) in [5.41, 5.74) is 2.20. The topological polar surface area (TPSA) is 55.8 Å². The second kappa shape index (κ2) is 7.56. The number of rotatable bonds is 4. The Morgan fingerprint density at radius 1 is 0.857 bits per heavy atom. The predicted molar refractivity (Wildman–Crippen MR) is 106 cm³/mol. The molecule has 1 aliphatic rings. The van der Waals surface area contributed by atoms with E-state index in [0.29, 0.717) is 11.5 Å². The van der Waals surface area contributed by atoms with Crippen molar-refractivity contribution < 1.29 is 19.1 Å². The number of anilines is 1. The zero-order valence-electron chi connectivity index (χ0n) is 15.4. The Labute approximate surface area is 163 Å². The van der Waals surface area contributed by atoms with Crippen LogP contribution in [0, 0.1) is 0 Å². The number of amides is 1. The van der Waals surface area contributed by atoms with Gasteiger partial charge >= 0.3 is 5.97 Å². The summed E-state index contributed by atoms with van der Waals surface area (Å²) in [6, 6.07) is 24.0. The van der Waals surface area contributed by atoms with Gasteiger partial charge in [0.2, 0.25) is 0 Å². The minimum absolute atomic E-state index is 0.298. The SMILES string of the molecule is CN(C(=O)COC(=O)C1c2ccccc2Oc2ccccc21)c1ccccc1. The molecule has 0 spiro atoms. The highest BCUT2D eigenvalue weighted by atomic mass is 16.5. The summed E-state index contributed by atoms with van der Waals surface area (Å²) < 4.78 is 11.3. The number of hydrogen-bond acceptors (Lipinski definition) is 4. The molecule has 0 atom stereocenters. The van der Waals surface area contributed by atoms with Crippen molar-refractivity contribution in [2.75, 3.05) is 18.6 Å². The lowest BCUT2D eigenvalue weighted by Crippen LogP contribution is -2.32. The molecule has 3 aromatic carbocycles. The van der Waals surface area contributed by atoms with Crippen LogP contribution in [0.4, 0.5) is 5.69 Å². The van der Waals surface area contributed by atoms with E-state index in [1.54, 1.807) is 7.05 Å². The largest absolute Gasteiger partial charge is 0.457 e. The number of carbonyl (C=O) groups is 2. The predicted octanol–water partition coefficient (Wildman–Crippen LogP) is 4.13. The van der Waals surface area contributed by atoms with Crippen LogP contribution >= 0.6 is 0 Å². The van der Waals surface area contributed by atoms with Gasteiger partial charge < -0.3 is 14.4 Å². The summed E-state index contributed by atoms with van der Waals surface area (Å²) in [7, 11) is 1.66. The molecule has 0 N–H and O–H groups in total. The van der Waals surface area contributed by atoms with Gasteiger partial charge in [0.05, 0.1) is 0 Å². The van der Waals surface area contributed by atoms with E-state index in [2.05, 4.69) is 0 Å². The van der Waals surface area contributed by atoms with E-state index in [4.69, 9.17) is 9.47 Å². The monoisotopic (exact) mass is 373 g/mol. The van der Waals surface area contributed by atoms with E-state index < -0.39 is 11.9 Å². The van der Waals surface area contributed by atoms with E-state index >= 15 is 0 Å². The lowest BCUT2D eigenvalue weighted by atomic mass is 9.88. The van der Waals surface area contributed by atoms with E-state index in [-0.39, 0.29) is 12.5 Å². The van der Waals surface area contributed by atoms with Crippen molar-refractivity contribution >= 4 is 17.6 Å². The lowest BCUT2D eigenvalue weighted by molar-refractivity contribution is -0.148. The molecule has 3 aromatic rings. The third-order valence-corrected chi connectivity index (χ3v) is 4.77. The van der Waals surface area contributed by atoms with Gasteiger partial charge in [-0.05, 0) is 24.3 Å². The van der Waals surface area contributed by atoms with Crippen LogP contribution in [0.3, 0.4) is 0 Å². The molecule has 1 heterocycles. The van der Waals surface area contributed by atoms with Crippen molar-refractivity contribution in [2.45, 2.75) is 5.92 Å². The van der Waals surface area contributed by atoms with Gasteiger partial charge in [0.15, 0.2) is 6.61 Å². The minimum atomic E-state index is -0.629. The number of hydrogen-bond donors (Lipinski definition) is 0. The van der Waals surface area contributed by atoms with Gasteiger partial charge in [-0.25, -0.2) is 0 Å². The van der Waals surface area contributed by atoms with E-state index in [9.17, 15) is 9.59 Å². The summed E-state index contributed by atoms with van der Waals surface area (Å²) in [6.45, 7) is -0.327. The third kappa shape index (κ3) is 3.34. The third-order valence-electron chi connectivity index (χ3n) is 4.77. The van der Waals surface area contributed by atoms with Crippen LogP contribution in [0.25, 0.3) is 0 Å². The van der Waals surface area contributed by atoms with Crippen molar-refractivity contribution in [3.05, 3.63) is 90.0 Å². The first-order valence-corrected chi connectivity index (χ1v) is 8.99. The molecule has 0 unspecified atom stereocenters. The maximum absolute atomic E-state index is 12.9. The molecule has 5 nitrogen and oxygen atoms in total. The fraction of sp³-hybridized carbons (Fsp3) is 0.130. The van der Waals surface area contributed by atoms with Crippen LogP contribution < -0.4 is 9.64 Å². The van der Waals surface area contributed by atoms with Crippen LogP contribution in [-0.4, -0.2) is 25.5 Å². The highest BCUT2D eigenvalue weighted by Crippen LogP contribution is 2.44. The number of benzene rings is 3. The minimum Gasteiger partial charge on any atom is -0.457 e. The average Bonchev–Trinajstić information content (AvgIpc) is 2.75. The van der Waals surface area contributed by atoms with Gasteiger partial charge in [0.25, 0.3) is 5.91 Å². The number of likely N-dealkylation sites (N-methyl/N-ethyl adjacent to an activating group) is 1. The molecule has 0 saturated heterocycles. The van der Waals surface area contributed by atoms with Crippen LogP contribution in [0.15, 0.2) is 78.9 Å². The first kappa shape index (κ1) is 17.8. The van der Waals surface area contributed by atoms with Gasteiger partial charge in [-0.1, -0.05) is 54.6 Å². The van der Waals surface area contributed by atoms with Gasteiger partial charge in [0.1, 0.15) is 17.4 Å². The van der Waals surface area contributed by atoms with Crippen LogP contribution in [-0.2, 0) is 14.3 Å². The van der Waals surface area contributed by atoms with Crippen molar-refractivity contribution in [3.63, 3.8) is 0 Å². The summed E-state index contributed by atoms with van der Waals surface area (Å²) in [5.74, 6) is -0.158. The van der Waals surface area contributed by atoms with Gasteiger partial charge in [-0.15, -0.1) is 0 Å². The number of ether oxygens (including phenoxy) is 2. The normalized spacial score (nSPS) is 12.3. The zero-order valence-corrected chi connectivity index (χ0v) is 15.4.